The van der Waals surface area contributed by atoms with Crippen LogP contribution in [0.3, 0.4) is 0 Å². The Hall–Kier alpha value is -2.41. The Balaban J connectivity index is 2.28. The molecule has 0 fully saturated rings. The molecule has 0 radical (unpaired) electrons. The molecule has 1 amide bonds. The highest BCUT2D eigenvalue weighted by molar-refractivity contribution is 6.07. The van der Waals surface area contributed by atoms with Gasteiger partial charge in [-0.1, -0.05) is 11.2 Å². The summed E-state index contributed by atoms with van der Waals surface area (Å²) in [4.78, 5) is 11.8. The average Bonchev–Trinajstić information content (AvgIpc) is 2.81. The molecular formula is C10H9FN4O2. The van der Waals surface area contributed by atoms with Crippen LogP contribution in [0.1, 0.15) is 10.4 Å². The Labute approximate surface area is 95.6 Å². The molecule has 4 N–H and O–H groups in total. The summed E-state index contributed by atoms with van der Waals surface area (Å²) in [6, 6.07) is 4.06. The van der Waals surface area contributed by atoms with E-state index < -0.39 is 11.7 Å². The summed E-state index contributed by atoms with van der Waals surface area (Å²) in [7, 11) is 0. The van der Waals surface area contributed by atoms with Crippen molar-refractivity contribution >= 4 is 17.3 Å². The number of hydrazine groups is 1. The molecule has 0 unspecified atom stereocenters. The van der Waals surface area contributed by atoms with Gasteiger partial charge in [-0.25, -0.2) is 4.39 Å². The lowest BCUT2D eigenvalue weighted by atomic mass is 10.1. The van der Waals surface area contributed by atoms with Gasteiger partial charge >= 0.3 is 0 Å². The number of rotatable bonds is 3. The molecule has 0 aliphatic rings. The number of carbonyl (C=O) groups is 1. The van der Waals surface area contributed by atoms with E-state index in [-0.39, 0.29) is 11.3 Å². The number of amides is 1. The smallest absolute Gasteiger partial charge is 0.258 e. The molecule has 0 spiro atoms. The molecule has 2 aromatic rings. The molecule has 7 heteroatoms. The SMILES string of the molecule is NNc1c(F)cccc1C(=O)Nc1cnoc1. The Morgan fingerprint density at radius 3 is 2.94 bits per heavy atom. The van der Waals surface area contributed by atoms with Crippen molar-refractivity contribution in [2.75, 3.05) is 10.7 Å². The van der Waals surface area contributed by atoms with Gasteiger partial charge in [-0.3, -0.25) is 10.6 Å². The van der Waals surface area contributed by atoms with Crippen molar-refractivity contribution in [2.24, 2.45) is 5.84 Å². The lowest BCUT2D eigenvalue weighted by Gasteiger charge is -2.08. The first-order valence-electron chi connectivity index (χ1n) is 4.68. The molecule has 88 valence electrons. The molecule has 0 bridgehead atoms. The van der Waals surface area contributed by atoms with Crippen molar-refractivity contribution in [2.45, 2.75) is 0 Å². The standard InChI is InChI=1S/C10H9FN4O2/c11-8-3-1-2-7(9(8)15-12)10(16)14-6-4-13-17-5-6/h1-5,15H,12H2,(H,14,16). The monoisotopic (exact) mass is 236 g/mol. The van der Waals surface area contributed by atoms with Gasteiger partial charge in [0.1, 0.15) is 17.8 Å². The van der Waals surface area contributed by atoms with Gasteiger partial charge in [-0.05, 0) is 12.1 Å². The first-order chi connectivity index (χ1) is 8.22. The van der Waals surface area contributed by atoms with Crippen molar-refractivity contribution in [3.05, 3.63) is 42.0 Å². The summed E-state index contributed by atoms with van der Waals surface area (Å²) in [6.45, 7) is 0. The van der Waals surface area contributed by atoms with Crippen LogP contribution in [0.4, 0.5) is 15.8 Å². The van der Waals surface area contributed by atoms with Crippen LogP contribution >= 0.6 is 0 Å². The first-order valence-corrected chi connectivity index (χ1v) is 4.68. The van der Waals surface area contributed by atoms with Gasteiger partial charge in [0.05, 0.1) is 17.4 Å². The summed E-state index contributed by atoms with van der Waals surface area (Å²) in [5.74, 6) is 4.04. The Kier molecular flexibility index (Phi) is 3.01. The second kappa shape index (κ2) is 4.62. The van der Waals surface area contributed by atoms with E-state index in [0.29, 0.717) is 5.69 Å². The third-order valence-electron chi connectivity index (χ3n) is 2.09. The summed E-state index contributed by atoms with van der Waals surface area (Å²) in [5, 5.41) is 5.91. The van der Waals surface area contributed by atoms with Crippen LogP contribution < -0.4 is 16.6 Å². The fraction of sp³-hybridized carbons (Fsp3) is 0. The highest BCUT2D eigenvalue weighted by atomic mass is 19.1. The second-order valence-electron chi connectivity index (χ2n) is 3.17. The summed E-state index contributed by atoms with van der Waals surface area (Å²) in [6.07, 6.45) is 2.58. The number of halogens is 1. The molecular weight excluding hydrogens is 227 g/mol. The van der Waals surface area contributed by atoms with E-state index in [1.807, 2.05) is 0 Å². The van der Waals surface area contributed by atoms with Crippen LogP contribution in [0.2, 0.25) is 0 Å². The third kappa shape index (κ3) is 2.23. The minimum Gasteiger partial charge on any atom is -0.363 e. The molecule has 1 aromatic carbocycles. The van der Waals surface area contributed by atoms with E-state index in [4.69, 9.17) is 5.84 Å². The Bertz CT molecular complexity index is 527. The molecule has 1 aromatic heterocycles. The molecule has 0 aliphatic carbocycles. The predicted octanol–water partition coefficient (Wildman–Crippen LogP) is 1.35. The van der Waals surface area contributed by atoms with Crippen LogP contribution in [0.5, 0.6) is 0 Å². The number of nitrogens with one attached hydrogen (secondary N) is 2. The normalized spacial score (nSPS) is 10.0. The van der Waals surface area contributed by atoms with Gasteiger partial charge < -0.3 is 15.3 Å². The van der Waals surface area contributed by atoms with Gasteiger partial charge in [-0.15, -0.1) is 0 Å². The lowest BCUT2D eigenvalue weighted by Crippen LogP contribution is -2.18. The largest absolute Gasteiger partial charge is 0.363 e. The van der Waals surface area contributed by atoms with Crippen molar-refractivity contribution < 1.29 is 13.7 Å². The number of nitrogens with two attached hydrogens (primary N) is 1. The van der Waals surface area contributed by atoms with Crippen LogP contribution in [-0.2, 0) is 0 Å². The van der Waals surface area contributed by atoms with E-state index >= 15 is 0 Å². The maximum Gasteiger partial charge on any atom is 0.258 e. The number of nitrogens with zero attached hydrogens (tertiary/aromatic N) is 1. The molecule has 0 aliphatic heterocycles. The average molecular weight is 236 g/mol. The summed E-state index contributed by atoms with van der Waals surface area (Å²) >= 11 is 0. The summed E-state index contributed by atoms with van der Waals surface area (Å²) < 4.78 is 17.9. The zero-order chi connectivity index (χ0) is 12.3. The second-order valence-corrected chi connectivity index (χ2v) is 3.17. The number of aromatic nitrogens is 1. The number of hydrogen-bond acceptors (Lipinski definition) is 5. The van der Waals surface area contributed by atoms with Crippen LogP contribution in [0.15, 0.2) is 35.2 Å². The number of benzene rings is 1. The number of carbonyl (C=O) groups excluding carboxylic acids is 1. The van der Waals surface area contributed by atoms with Gasteiger partial charge in [-0.2, -0.15) is 0 Å². The van der Waals surface area contributed by atoms with E-state index in [9.17, 15) is 9.18 Å². The fourth-order valence-corrected chi connectivity index (χ4v) is 1.33. The van der Waals surface area contributed by atoms with Crippen molar-refractivity contribution in [3.8, 4) is 0 Å². The van der Waals surface area contributed by atoms with Crippen molar-refractivity contribution in [1.82, 2.24) is 5.16 Å². The van der Waals surface area contributed by atoms with E-state index in [1.54, 1.807) is 0 Å². The fourth-order valence-electron chi connectivity index (χ4n) is 1.33. The number of para-hydroxylation sites is 1. The minimum absolute atomic E-state index is 0.0681. The van der Waals surface area contributed by atoms with Gasteiger partial charge in [0, 0.05) is 0 Å². The molecule has 1 heterocycles. The van der Waals surface area contributed by atoms with Gasteiger partial charge in [0.15, 0.2) is 0 Å². The van der Waals surface area contributed by atoms with E-state index in [0.717, 1.165) is 0 Å². The minimum atomic E-state index is -0.606. The zero-order valence-corrected chi connectivity index (χ0v) is 8.61. The third-order valence-corrected chi connectivity index (χ3v) is 2.09. The molecule has 6 nitrogen and oxygen atoms in total. The van der Waals surface area contributed by atoms with Crippen LogP contribution in [0.25, 0.3) is 0 Å². The van der Waals surface area contributed by atoms with Crippen LogP contribution in [-0.4, -0.2) is 11.1 Å². The molecule has 2 rings (SSSR count). The number of anilines is 2. The highest BCUT2D eigenvalue weighted by Gasteiger charge is 2.14. The first kappa shape index (κ1) is 11.1. The lowest BCUT2D eigenvalue weighted by molar-refractivity contribution is 0.102. The zero-order valence-electron chi connectivity index (χ0n) is 8.61. The summed E-state index contributed by atoms with van der Waals surface area (Å²) in [5.41, 5.74) is 2.55. The maximum absolute atomic E-state index is 13.3. The molecule has 0 atom stereocenters. The van der Waals surface area contributed by atoms with Crippen molar-refractivity contribution in [3.63, 3.8) is 0 Å². The number of nitrogen functional groups attached to an aromatic ring is 1. The number of hydrogen-bond donors (Lipinski definition) is 3. The van der Waals surface area contributed by atoms with Gasteiger partial charge in [0.2, 0.25) is 0 Å². The van der Waals surface area contributed by atoms with Crippen LogP contribution in [0, 0.1) is 5.82 Å². The molecule has 0 saturated carbocycles. The Morgan fingerprint density at radius 1 is 1.47 bits per heavy atom. The molecule has 0 saturated heterocycles. The van der Waals surface area contributed by atoms with Crippen molar-refractivity contribution in [1.29, 1.82) is 0 Å². The Morgan fingerprint density at radius 2 is 2.29 bits per heavy atom. The van der Waals surface area contributed by atoms with E-state index in [1.165, 1.54) is 30.7 Å². The maximum atomic E-state index is 13.3. The predicted molar refractivity (Wildman–Crippen MR) is 58.7 cm³/mol. The highest BCUT2D eigenvalue weighted by Crippen LogP contribution is 2.19. The quantitative estimate of drug-likeness (QED) is 0.552. The van der Waals surface area contributed by atoms with Gasteiger partial charge in [0.25, 0.3) is 5.91 Å². The molecule has 17 heavy (non-hydrogen) atoms. The van der Waals surface area contributed by atoms with E-state index in [2.05, 4.69) is 20.4 Å². The topological polar surface area (TPSA) is 93.2 Å².